The minimum atomic E-state index is -0.340. The fourth-order valence-electron chi connectivity index (χ4n) is 3.05. The lowest BCUT2D eigenvalue weighted by Gasteiger charge is -2.36. The molecule has 1 saturated heterocycles. The number of ether oxygens (including phenoxy) is 1. The lowest BCUT2D eigenvalue weighted by Crippen LogP contribution is -2.48. The number of benzene rings is 1. The molecule has 148 valence electrons. The number of pyridine rings is 1. The van der Waals surface area contributed by atoms with Crippen LogP contribution in [0.15, 0.2) is 42.6 Å². The van der Waals surface area contributed by atoms with E-state index in [1.807, 2.05) is 0 Å². The zero-order valence-electron chi connectivity index (χ0n) is 15.7. The number of hydrogen-bond donors (Lipinski definition) is 1. The summed E-state index contributed by atoms with van der Waals surface area (Å²) in [6, 6.07) is 9.47. The number of hydrogen-bond acceptors (Lipinski definition) is 5. The van der Waals surface area contributed by atoms with Gasteiger partial charge in [-0.25, -0.2) is 4.39 Å². The number of piperazine rings is 1. The van der Waals surface area contributed by atoms with E-state index < -0.39 is 0 Å². The van der Waals surface area contributed by atoms with E-state index in [2.05, 4.69) is 15.2 Å². The van der Waals surface area contributed by atoms with Crippen LogP contribution in [0.2, 0.25) is 0 Å². The number of nitrogens with zero attached hydrogens (tertiary/aromatic N) is 3. The average molecular weight is 386 g/mol. The van der Waals surface area contributed by atoms with Gasteiger partial charge in [0, 0.05) is 57.3 Å². The van der Waals surface area contributed by atoms with Crippen molar-refractivity contribution >= 4 is 17.5 Å². The maximum Gasteiger partial charge on any atom is 0.269 e. The summed E-state index contributed by atoms with van der Waals surface area (Å²) in [7, 11) is 1.56. The molecule has 1 aromatic carbocycles. The van der Waals surface area contributed by atoms with E-state index in [1.54, 1.807) is 30.2 Å². The highest BCUT2D eigenvalue weighted by Crippen LogP contribution is 2.18. The molecule has 0 bridgehead atoms. The number of nitrogens with one attached hydrogen (secondary N) is 1. The number of amides is 2. The molecule has 0 aliphatic carbocycles. The Balaban J connectivity index is 1.59. The van der Waals surface area contributed by atoms with E-state index in [9.17, 15) is 14.0 Å². The number of halogens is 1. The first kappa shape index (κ1) is 19.8. The second-order valence-corrected chi connectivity index (χ2v) is 6.43. The van der Waals surface area contributed by atoms with Crippen molar-refractivity contribution in [3.05, 3.63) is 59.7 Å². The molecule has 1 fully saturated rings. The van der Waals surface area contributed by atoms with Crippen LogP contribution in [0.3, 0.4) is 0 Å². The molecule has 28 heavy (non-hydrogen) atoms. The second-order valence-electron chi connectivity index (χ2n) is 6.43. The van der Waals surface area contributed by atoms with Crippen molar-refractivity contribution in [3.8, 4) is 0 Å². The Morgan fingerprint density at radius 3 is 2.54 bits per heavy atom. The predicted molar refractivity (Wildman–Crippen MR) is 103 cm³/mol. The van der Waals surface area contributed by atoms with Crippen molar-refractivity contribution in [1.29, 1.82) is 0 Å². The molecular weight excluding hydrogens is 363 g/mol. The Hall–Kier alpha value is -3.00. The summed E-state index contributed by atoms with van der Waals surface area (Å²) in [6.07, 6.45) is 1.47. The van der Waals surface area contributed by atoms with Crippen LogP contribution in [0.1, 0.15) is 20.8 Å². The molecule has 1 aliphatic heterocycles. The fraction of sp³-hybridized carbons (Fsp3) is 0.350. The lowest BCUT2D eigenvalue weighted by molar-refractivity contribution is 0.0746. The first-order chi connectivity index (χ1) is 13.6. The van der Waals surface area contributed by atoms with Crippen LogP contribution in [0.25, 0.3) is 0 Å². The monoisotopic (exact) mass is 386 g/mol. The van der Waals surface area contributed by atoms with Crippen LogP contribution in [0.4, 0.5) is 10.1 Å². The largest absolute Gasteiger partial charge is 0.383 e. The molecule has 0 unspecified atom stereocenters. The van der Waals surface area contributed by atoms with E-state index in [-0.39, 0.29) is 23.3 Å². The SMILES string of the molecule is COCCNC(=O)c1cc(C(=O)N2CCN(c3ccc(F)cc3)CC2)ccn1. The van der Waals surface area contributed by atoms with Gasteiger partial charge in [-0.2, -0.15) is 0 Å². The second kappa shape index (κ2) is 9.27. The normalized spacial score (nSPS) is 14.1. The number of aromatic nitrogens is 1. The summed E-state index contributed by atoms with van der Waals surface area (Å²) in [5, 5.41) is 2.69. The van der Waals surface area contributed by atoms with Crippen LogP contribution >= 0.6 is 0 Å². The molecule has 0 saturated carbocycles. The van der Waals surface area contributed by atoms with E-state index in [0.717, 1.165) is 5.69 Å². The summed E-state index contributed by atoms with van der Waals surface area (Å²) >= 11 is 0. The molecule has 7 nitrogen and oxygen atoms in total. The minimum absolute atomic E-state index is 0.132. The molecule has 0 spiro atoms. The fourth-order valence-corrected chi connectivity index (χ4v) is 3.05. The maximum atomic E-state index is 13.1. The van der Waals surface area contributed by atoms with Crippen molar-refractivity contribution in [3.63, 3.8) is 0 Å². The lowest BCUT2D eigenvalue weighted by atomic mass is 10.1. The van der Waals surface area contributed by atoms with E-state index in [1.165, 1.54) is 24.4 Å². The summed E-state index contributed by atoms with van der Waals surface area (Å²) < 4.78 is 18.0. The third-order valence-corrected chi connectivity index (χ3v) is 4.59. The quantitative estimate of drug-likeness (QED) is 0.763. The van der Waals surface area contributed by atoms with Crippen LogP contribution in [0, 0.1) is 5.82 Å². The summed E-state index contributed by atoms with van der Waals surface area (Å²) in [4.78, 5) is 32.8. The van der Waals surface area contributed by atoms with Gasteiger partial charge in [0.25, 0.3) is 11.8 Å². The van der Waals surface area contributed by atoms with Crippen molar-refractivity contribution in [2.45, 2.75) is 0 Å². The van der Waals surface area contributed by atoms with Crippen molar-refractivity contribution in [2.75, 3.05) is 51.3 Å². The summed E-state index contributed by atoms with van der Waals surface area (Å²) in [6.45, 7) is 3.20. The molecule has 1 aliphatic rings. The van der Waals surface area contributed by atoms with Gasteiger partial charge in [0.05, 0.1) is 6.61 Å². The Kier molecular flexibility index (Phi) is 6.54. The minimum Gasteiger partial charge on any atom is -0.383 e. The van der Waals surface area contributed by atoms with Gasteiger partial charge in [-0.3, -0.25) is 14.6 Å². The molecule has 2 aromatic rings. The molecule has 1 N–H and O–H groups in total. The maximum absolute atomic E-state index is 13.1. The van der Waals surface area contributed by atoms with Crippen molar-refractivity contribution < 1.29 is 18.7 Å². The highest BCUT2D eigenvalue weighted by molar-refractivity contribution is 5.98. The van der Waals surface area contributed by atoms with Crippen LogP contribution in [-0.2, 0) is 4.74 Å². The number of carbonyl (C=O) groups is 2. The highest BCUT2D eigenvalue weighted by Gasteiger charge is 2.23. The smallest absolute Gasteiger partial charge is 0.269 e. The Bertz CT molecular complexity index is 820. The molecule has 0 atom stereocenters. The van der Waals surface area contributed by atoms with Crippen molar-refractivity contribution in [2.24, 2.45) is 0 Å². The predicted octanol–water partition coefficient (Wildman–Crippen LogP) is 1.56. The number of anilines is 1. The third kappa shape index (κ3) is 4.83. The summed E-state index contributed by atoms with van der Waals surface area (Å²) in [5.74, 6) is -0.739. The molecule has 3 rings (SSSR count). The first-order valence-electron chi connectivity index (χ1n) is 9.11. The van der Waals surface area contributed by atoms with Gasteiger partial charge < -0.3 is 19.9 Å². The Morgan fingerprint density at radius 2 is 1.86 bits per heavy atom. The van der Waals surface area contributed by atoms with Gasteiger partial charge in [-0.1, -0.05) is 0 Å². The zero-order valence-corrected chi connectivity index (χ0v) is 15.7. The molecule has 0 radical (unpaired) electrons. The van der Waals surface area contributed by atoms with E-state index in [0.29, 0.717) is 44.9 Å². The van der Waals surface area contributed by atoms with E-state index in [4.69, 9.17) is 4.74 Å². The van der Waals surface area contributed by atoms with Gasteiger partial charge in [-0.05, 0) is 36.4 Å². The Labute approximate surface area is 163 Å². The number of carbonyl (C=O) groups excluding carboxylic acids is 2. The van der Waals surface area contributed by atoms with Gasteiger partial charge >= 0.3 is 0 Å². The Morgan fingerprint density at radius 1 is 1.14 bits per heavy atom. The van der Waals surface area contributed by atoms with Gasteiger partial charge in [-0.15, -0.1) is 0 Å². The first-order valence-corrected chi connectivity index (χ1v) is 9.11. The highest BCUT2D eigenvalue weighted by atomic mass is 19.1. The van der Waals surface area contributed by atoms with E-state index >= 15 is 0 Å². The molecular formula is C20H23FN4O3. The molecule has 2 amide bonds. The topological polar surface area (TPSA) is 74.8 Å². The van der Waals surface area contributed by atoms with Gasteiger partial charge in [0.1, 0.15) is 11.5 Å². The summed E-state index contributed by atoms with van der Waals surface area (Å²) in [5.41, 5.74) is 1.57. The average Bonchev–Trinajstić information content (AvgIpc) is 2.74. The molecule has 1 aromatic heterocycles. The van der Waals surface area contributed by atoms with Gasteiger partial charge in [0.2, 0.25) is 0 Å². The third-order valence-electron chi connectivity index (χ3n) is 4.59. The van der Waals surface area contributed by atoms with Gasteiger partial charge in [0.15, 0.2) is 0 Å². The van der Waals surface area contributed by atoms with Crippen LogP contribution in [-0.4, -0.2) is 68.1 Å². The molecule has 8 heteroatoms. The zero-order chi connectivity index (χ0) is 19.9. The van der Waals surface area contributed by atoms with Crippen LogP contribution < -0.4 is 10.2 Å². The molecule has 2 heterocycles. The van der Waals surface area contributed by atoms with Crippen molar-refractivity contribution in [1.82, 2.24) is 15.2 Å². The van der Waals surface area contributed by atoms with Crippen LogP contribution in [0.5, 0.6) is 0 Å². The standard InChI is InChI=1S/C20H23FN4O3/c1-28-13-8-23-19(26)18-14-15(6-7-22-18)20(27)25-11-9-24(10-12-25)17-4-2-16(21)3-5-17/h2-7,14H,8-13H2,1H3,(H,23,26). The number of rotatable bonds is 6. The number of methoxy groups -OCH3 is 1.